The van der Waals surface area contributed by atoms with Gasteiger partial charge < -0.3 is 9.47 Å². The predicted octanol–water partition coefficient (Wildman–Crippen LogP) is 3.24. The highest BCUT2D eigenvalue weighted by molar-refractivity contribution is 6.33. The summed E-state index contributed by atoms with van der Waals surface area (Å²) in [7, 11) is 0. The molecule has 8 heteroatoms. The fraction of sp³-hybridized carbons (Fsp3) is 0.467. The zero-order valence-corrected chi connectivity index (χ0v) is 13.6. The predicted molar refractivity (Wildman–Crippen MR) is 88.0 cm³/mol. The van der Waals surface area contributed by atoms with Gasteiger partial charge in [-0.05, 0) is 25.8 Å². The molecule has 122 valence electrons. The zero-order chi connectivity index (χ0) is 16.4. The van der Waals surface area contributed by atoms with Crippen LogP contribution in [0.1, 0.15) is 31.5 Å². The van der Waals surface area contributed by atoms with Gasteiger partial charge >= 0.3 is 0 Å². The minimum Gasteiger partial charge on any atom is -0.370 e. The lowest BCUT2D eigenvalue weighted by molar-refractivity contribution is -0.384. The molecule has 1 fully saturated rings. The molecule has 1 aromatic carbocycles. The van der Waals surface area contributed by atoms with Crippen molar-refractivity contribution >= 4 is 23.0 Å². The van der Waals surface area contributed by atoms with Crippen LogP contribution >= 0.6 is 11.6 Å². The summed E-state index contributed by atoms with van der Waals surface area (Å²) >= 11 is 6.26. The number of aryl methyl sites for hydroxylation is 1. The average Bonchev–Trinajstić information content (AvgIpc) is 3.03. The van der Waals surface area contributed by atoms with Gasteiger partial charge in [-0.2, -0.15) is 0 Å². The molecule has 0 spiro atoms. The number of non-ortho nitro benzene ring substituents is 1. The standard InChI is InChI=1S/C15H18ClN5O2/c1-2-19-10-17-18-15(19)11-4-3-7-20(9-11)14-6-5-12(21(22)23)8-13(14)16/h5-6,8,10-11H,2-4,7,9H2,1H3. The van der Waals surface area contributed by atoms with E-state index in [0.29, 0.717) is 5.02 Å². The molecule has 1 atom stereocenters. The maximum Gasteiger partial charge on any atom is 0.271 e. The second kappa shape index (κ2) is 6.54. The first-order valence-corrected chi connectivity index (χ1v) is 8.04. The summed E-state index contributed by atoms with van der Waals surface area (Å²) in [4.78, 5) is 12.6. The Hall–Kier alpha value is -2.15. The molecule has 1 unspecified atom stereocenters. The molecule has 23 heavy (non-hydrogen) atoms. The summed E-state index contributed by atoms with van der Waals surface area (Å²) in [6.07, 6.45) is 3.83. The zero-order valence-electron chi connectivity index (χ0n) is 12.9. The van der Waals surface area contributed by atoms with Crippen molar-refractivity contribution in [3.05, 3.63) is 45.5 Å². The number of hydrogen-bond acceptors (Lipinski definition) is 5. The number of aromatic nitrogens is 3. The number of rotatable bonds is 4. The van der Waals surface area contributed by atoms with Gasteiger partial charge in [-0.25, -0.2) is 0 Å². The largest absolute Gasteiger partial charge is 0.370 e. The molecule has 0 N–H and O–H groups in total. The van der Waals surface area contributed by atoms with E-state index in [9.17, 15) is 10.1 Å². The molecule has 1 saturated heterocycles. The molecule has 1 aromatic heterocycles. The van der Waals surface area contributed by atoms with Gasteiger partial charge in [0.25, 0.3) is 5.69 Å². The summed E-state index contributed by atoms with van der Waals surface area (Å²) in [5.41, 5.74) is 0.850. The Kier molecular flexibility index (Phi) is 4.47. The number of benzene rings is 1. The van der Waals surface area contributed by atoms with Crippen LogP contribution in [-0.4, -0.2) is 32.8 Å². The van der Waals surface area contributed by atoms with Crippen LogP contribution in [0.2, 0.25) is 5.02 Å². The normalized spacial score (nSPS) is 18.2. The highest BCUT2D eigenvalue weighted by Gasteiger charge is 2.26. The SMILES string of the molecule is CCn1cnnc1C1CCCN(c2ccc([N+](=O)[O-])cc2Cl)C1. The van der Waals surface area contributed by atoms with Crippen LogP contribution in [0.4, 0.5) is 11.4 Å². The maximum atomic E-state index is 10.8. The molecule has 0 saturated carbocycles. The van der Waals surface area contributed by atoms with Gasteiger partial charge in [0.05, 0.1) is 15.6 Å². The smallest absolute Gasteiger partial charge is 0.271 e. The van der Waals surface area contributed by atoms with Gasteiger partial charge in [-0.3, -0.25) is 10.1 Å². The fourth-order valence-electron chi connectivity index (χ4n) is 3.10. The quantitative estimate of drug-likeness (QED) is 0.633. The molecular weight excluding hydrogens is 318 g/mol. The lowest BCUT2D eigenvalue weighted by Crippen LogP contribution is -2.35. The molecule has 0 aliphatic carbocycles. The third kappa shape index (κ3) is 3.14. The van der Waals surface area contributed by atoms with Crippen molar-refractivity contribution in [3.63, 3.8) is 0 Å². The van der Waals surface area contributed by atoms with Crippen LogP contribution in [0.5, 0.6) is 0 Å². The van der Waals surface area contributed by atoms with E-state index in [4.69, 9.17) is 11.6 Å². The first-order valence-electron chi connectivity index (χ1n) is 7.66. The maximum absolute atomic E-state index is 10.8. The van der Waals surface area contributed by atoms with Gasteiger partial charge in [-0.1, -0.05) is 11.6 Å². The lowest BCUT2D eigenvalue weighted by atomic mass is 9.96. The van der Waals surface area contributed by atoms with Crippen molar-refractivity contribution in [2.24, 2.45) is 0 Å². The van der Waals surface area contributed by atoms with Crippen LogP contribution in [-0.2, 0) is 6.54 Å². The van der Waals surface area contributed by atoms with Gasteiger partial charge in [-0.15, -0.1) is 10.2 Å². The topological polar surface area (TPSA) is 77.1 Å². The molecule has 1 aliphatic rings. The van der Waals surface area contributed by atoms with Crippen molar-refractivity contribution < 1.29 is 4.92 Å². The first-order chi connectivity index (χ1) is 11.1. The van der Waals surface area contributed by atoms with E-state index >= 15 is 0 Å². The third-order valence-electron chi connectivity index (χ3n) is 4.26. The molecule has 1 aliphatic heterocycles. The molecule has 2 aromatic rings. The van der Waals surface area contributed by atoms with E-state index in [0.717, 1.165) is 44.0 Å². The number of nitro groups is 1. The Morgan fingerprint density at radius 1 is 1.48 bits per heavy atom. The number of halogens is 1. The second-order valence-corrected chi connectivity index (χ2v) is 6.06. The van der Waals surface area contributed by atoms with Crippen molar-refractivity contribution in [1.82, 2.24) is 14.8 Å². The number of nitro benzene ring substituents is 1. The van der Waals surface area contributed by atoms with Gasteiger partial charge in [0.2, 0.25) is 0 Å². The minimum absolute atomic E-state index is 0.0121. The Labute approximate surface area is 139 Å². The molecule has 0 radical (unpaired) electrons. The lowest BCUT2D eigenvalue weighted by Gasteiger charge is -2.34. The van der Waals surface area contributed by atoms with Crippen LogP contribution in [0.15, 0.2) is 24.5 Å². The highest BCUT2D eigenvalue weighted by atomic mass is 35.5. The Bertz CT molecular complexity index is 718. The summed E-state index contributed by atoms with van der Waals surface area (Å²) < 4.78 is 2.06. The summed E-state index contributed by atoms with van der Waals surface area (Å²) in [6, 6.07) is 4.64. The summed E-state index contributed by atoms with van der Waals surface area (Å²) in [6.45, 7) is 4.59. The van der Waals surface area contributed by atoms with E-state index in [1.165, 1.54) is 12.1 Å². The monoisotopic (exact) mass is 335 g/mol. The third-order valence-corrected chi connectivity index (χ3v) is 4.56. The molecule has 0 bridgehead atoms. The van der Waals surface area contributed by atoms with Crippen LogP contribution in [0, 0.1) is 10.1 Å². The van der Waals surface area contributed by atoms with E-state index in [2.05, 4.69) is 26.6 Å². The van der Waals surface area contributed by atoms with Crippen LogP contribution in [0.25, 0.3) is 0 Å². The van der Waals surface area contributed by atoms with Crippen molar-refractivity contribution in [3.8, 4) is 0 Å². The van der Waals surface area contributed by atoms with E-state index in [1.54, 1.807) is 12.4 Å². The van der Waals surface area contributed by atoms with E-state index in [1.807, 2.05) is 0 Å². The fourth-order valence-corrected chi connectivity index (χ4v) is 3.39. The molecule has 3 rings (SSSR count). The number of hydrogen-bond donors (Lipinski definition) is 0. The average molecular weight is 336 g/mol. The van der Waals surface area contributed by atoms with Crippen LogP contribution < -0.4 is 4.90 Å². The van der Waals surface area contributed by atoms with Gasteiger partial charge in [0.1, 0.15) is 12.2 Å². The first kappa shape index (κ1) is 15.7. The second-order valence-electron chi connectivity index (χ2n) is 5.65. The number of piperidine rings is 1. The Balaban J connectivity index is 1.83. The number of anilines is 1. The molecule has 0 amide bonds. The minimum atomic E-state index is -0.432. The Morgan fingerprint density at radius 3 is 3.00 bits per heavy atom. The van der Waals surface area contributed by atoms with Crippen molar-refractivity contribution in [2.45, 2.75) is 32.2 Å². The van der Waals surface area contributed by atoms with Gasteiger partial charge in [0.15, 0.2) is 0 Å². The van der Waals surface area contributed by atoms with Crippen molar-refractivity contribution in [1.29, 1.82) is 0 Å². The highest BCUT2D eigenvalue weighted by Crippen LogP contribution is 2.34. The molecular formula is C15H18ClN5O2. The van der Waals surface area contributed by atoms with Crippen molar-refractivity contribution in [2.75, 3.05) is 18.0 Å². The Morgan fingerprint density at radius 2 is 2.30 bits per heavy atom. The summed E-state index contributed by atoms with van der Waals surface area (Å²) in [5, 5.41) is 19.5. The van der Waals surface area contributed by atoms with E-state index in [-0.39, 0.29) is 11.6 Å². The van der Waals surface area contributed by atoms with E-state index < -0.39 is 4.92 Å². The molecule has 2 heterocycles. The number of nitrogens with zero attached hydrogens (tertiary/aromatic N) is 5. The van der Waals surface area contributed by atoms with Crippen LogP contribution in [0.3, 0.4) is 0 Å². The summed E-state index contributed by atoms with van der Waals surface area (Å²) in [5.74, 6) is 1.28. The van der Waals surface area contributed by atoms with Gasteiger partial charge in [0, 0.05) is 37.7 Å². The molecule has 7 nitrogen and oxygen atoms in total.